The van der Waals surface area contributed by atoms with Crippen LogP contribution in [0.1, 0.15) is 29.6 Å². The fourth-order valence-electron chi connectivity index (χ4n) is 2.11. The third-order valence-corrected chi connectivity index (χ3v) is 3.56. The molecule has 0 spiro atoms. The van der Waals surface area contributed by atoms with Crippen LogP contribution >= 0.6 is 11.6 Å². The zero-order valence-electron chi connectivity index (χ0n) is 11.1. The summed E-state index contributed by atoms with van der Waals surface area (Å²) in [6.45, 7) is 0.601. The molecule has 1 fully saturated rings. The maximum absolute atomic E-state index is 12.1. The lowest BCUT2D eigenvalue weighted by Gasteiger charge is -2.15. The van der Waals surface area contributed by atoms with Crippen LogP contribution in [0.25, 0.3) is 0 Å². The van der Waals surface area contributed by atoms with Crippen LogP contribution in [0.5, 0.6) is 0 Å². The van der Waals surface area contributed by atoms with Crippen LogP contribution in [-0.2, 0) is 4.79 Å². The van der Waals surface area contributed by atoms with Crippen LogP contribution in [0.3, 0.4) is 0 Å². The lowest BCUT2D eigenvalue weighted by Crippen LogP contribution is -2.45. The van der Waals surface area contributed by atoms with Crippen molar-refractivity contribution in [3.8, 4) is 0 Å². The molecule has 2 amide bonds. The second kappa shape index (κ2) is 6.53. The summed E-state index contributed by atoms with van der Waals surface area (Å²) in [5, 5.41) is 15.9. The Hall–Kier alpha value is -2.15. The van der Waals surface area contributed by atoms with Gasteiger partial charge in [-0.05, 0) is 25.3 Å². The molecule has 1 heterocycles. The van der Waals surface area contributed by atoms with E-state index in [1.165, 1.54) is 12.1 Å². The monoisotopic (exact) mass is 311 g/mol. The number of non-ortho nitro benzene ring substituents is 1. The van der Waals surface area contributed by atoms with E-state index in [9.17, 15) is 19.7 Å². The van der Waals surface area contributed by atoms with Gasteiger partial charge in [-0.1, -0.05) is 11.6 Å². The maximum atomic E-state index is 12.1. The van der Waals surface area contributed by atoms with E-state index < -0.39 is 16.9 Å². The predicted molar refractivity (Wildman–Crippen MR) is 76.2 cm³/mol. The molecule has 1 aromatic rings. The van der Waals surface area contributed by atoms with Crippen molar-refractivity contribution in [2.75, 3.05) is 6.54 Å². The van der Waals surface area contributed by atoms with Crippen LogP contribution in [0.4, 0.5) is 5.69 Å². The van der Waals surface area contributed by atoms with Gasteiger partial charge in [-0.3, -0.25) is 19.7 Å². The maximum Gasteiger partial charge on any atom is 0.270 e. The minimum absolute atomic E-state index is 0.0178. The summed E-state index contributed by atoms with van der Waals surface area (Å²) in [7, 11) is 0. The molecule has 2 rings (SSSR count). The summed E-state index contributed by atoms with van der Waals surface area (Å²) in [5.74, 6) is -0.740. The molecule has 1 atom stereocenters. The van der Waals surface area contributed by atoms with Gasteiger partial charge in [0.05, 0.1) is 15.5 Å². The van der Waals surface area contributed by atoms with E-state index in [0.717, 1.165) is 18.9 Å². The molecule has 0 aliphatic carbocycles. The van der Waals surface area contributed by atoms with Crippen LogP contribution in [-0.4, -0.2) is 29.3 Å². The van der Waals surface area contributed by atoms with Gasteiger partial charge in [-0.15, -0.1) is 0 Å². The van der Waals surface area contributed by atoms with Crippen LogP contribution in [0.2, 0.25) is 5.02 Å². The molecule has 1 aromatic carbocycles. The van der Waals surface area contributed by atoms with Gasteiger partial charge in [0.2, 0.25) is 5.91 Å². The van der Waals surface area contributed by atoms with E-state index in [4.69, 9.17) is 11.6 Å². The molecule has 1 saturated heterocycles. The molecule has 1 aliphatic rings. The Morgan fingerprint density at radius 3 is 2.86 bits per heavy atom. The number of amides is 2. The number of nitrogens with zero attached hydrogens (tertiary/aromatic N) is 1. The van der Waals surface area contributed by atoms with Gasteiger partial charge in [-0.25, -0.2) is 0 Å². The van der Waals surface area contributed by atoms with Crippen molar-refractivity contribution in [1.82, 2.24) is 10.6 Å². The molecule has 0 radical (unpaired) electrons. The van der Waals surface area contributed by atoms with Crippen molar-refractivity contribution >= 4 is 29.1 Å². The summed E-state index contributed by atoms with van der Waals surface area (Å²) in [6, 6.07) is 2.99. The SMILES string of the molecule is O=C(NC1CCCCNC1=O)c1ccc([N+](=O)[O-])cc1Cl. The molecule has 0 bridgehead atoms. The Bertz CT molecular complexity index is 591. The van der Waals surface area contributed by atoms with E-state index in [2.05, 4.69) is 10.6 Å². The highest BCUT2D eigenvalue weighted by molar-refractivity contribution is 6.34. The van der Waals surface area contributed by atoms with Gasteiger partial charge in [0.25, 0.3) is 11.6 Å². The smallest absolute Gasteiger partial charge is 0.270 e. The molecule has 0 saturated carbocycles. The number of hydrogen-bond acceptors (Lipinski definition) is 4. The Kier molecular flexibility index (Phi) is 4.74. The molecule has 1 unspecified atom stereocenters. The van der Waals surface area contributed by atoms with Gasteiger partial charge in [0, 0.05) is 18.7 Å². The molecular formula is C13H14ClN3O4. The summed E-state index contributed by atoms with van der Waals surface area (Å²) >= 11 is 5.89. The number of halogens is 1. The number of benzene rings is 1. The number of nitro benzene ring substituents is 1. The molecule has 2 N–H and O–H groups in total. The van der Waals surface area contributed by atoms with Crippen molar-refractivity contribution < 1.29 is 14.5 Å². The van der Waals surface area contributed by atoms with Gasteiger partial charge >= 0.3 is 0 Å². The van der Waals surface area contributed by atoms with Gasteiger partial charge in [-0.2, -0.15) is 0 Å². The van der Waals surface area contributed by atoms with E-state index in [1.54, 1.807) is 0 Å². The van der Waals surface area contributed by atoms with Crippen LogP contribution in [0.15, 0.2) is 18.2 Å². The quantitative estimate of drug-likeness (QED) is 0.654. The Labute approximate surface area is 125 Å². The number of carbonyl (C=O) groups excluding carboxylic acids is 2. The average Bonchev–Trinajstić information content (AvgIpc) is 2.63. The summed E-state index contributed by atoms with van der Waals surface area (Å²) < 4.78 is 0. The fraction of sp³-hybridized carbons (Fsp3) is 0.385. The van der Waals surface area contributed by atoms with Crippen LogP contribution in [0, 0.1) is 10.1 Å². The summed E-state index contributed by atoms with van der Waals surface area (Å²) in [4.78, 5) is 33.9. The first-order valence-electron chi connectivity index (χ1n) is 6.51. The standard InChI is InChI=1S/C13H14ClN3O4/c14-10-7-8(17(20)21)4-5-9(10)12(18)16-11-3-1-2-6-15-13(11)19/h4-5,7,11H,1-3,6H2,(H,15,19)(H,16,18). The topological polar surface area (TPSA) is 101 Å². The van der Waals surface area contributed by atoms with Crippen molar-refractivity contribution in [2.24, 2.45) is 0 Å². The van der Waals surface area contributed by atoms with E-state index >= 15 is 0 Å². The van der Waals surface area contributed by atoms with Crippen molar-refractivity contribution in [3.63, 3.8) is 0 Å². The highest BCUT2D eigenvalue weighted by atomic mass is 35.5. The largest absolute Gasteiger partial charge is 0.354 e. The first-order valence-corrected chi connectivity index (χ1v) is 6.89. The molecule has 112 valence electrons. The minimum Gasteiger partial charge on any atom is -0.354 e. The van der Waals surface area contributed by atoms with Crippen molar-refractivity contribution in [1.29, 1.82) is 0 Å². The molecule has 7 nitrogen and oxygen atoms in total. The van der Waals surface area contributed by atoms with E-state index in [1.807, 2.05) is 0 Å². The van der Waals surface area contributed by atoms with Crippen molar-refractivity contribution in [2.45, 2.75) is 25.3 Å². The van der Waals surface area contributed by atoms with E-state index in [0.29, 0.717) is 13.0 Å². The number of carbonyl (C=O) groups is 2. The molecule has 8 heteroatoms. The number of rotatable bonds is 3. The summed E-state index contributed by atoms with van der Waals surface area (Å²) in [5.41, 5.74) is -0.0805. The first-order chi connectivity index (χ1) is 9.99. The predicted octanol–water partition coefficient (Wildman–Crippen LogP) is 1.65. The van der Waals surface area contributed by atoms with Gasteiger partial charge < -0.3 is 10.6 Å². The lowest BCUT2D eigenvalue weighted by molar-refractivity contribution is -0.384. The molecular weight excluding hydrogens is 298 g/mol. The van der Waals surface area contributed by atoms with Crippen LogP contribution < -0.4 is 10.6 Å². The highest BCUT2D eigenvalue weighted by Gasteiger charge is 2.24. The molecule has 0 aromatic heterocycles. The zero-order valence-corrected chi connectivity index (χ0v) is 11.9. The number of nitro groups is 1. The molecule has 21 heavy (non-hydrogen) atoms. The van der Waals surface area contributed by atoms with Crippen molar-refractivity contribution in [3.05, 3.63) is 38.9 Å². The number of nitrogens with one attached hydrogen (secondary N) is 2. The second-order valence-electron chi connectivity index (χ2n) is 4.73. The number of hydrogen-bond donors (Lipinski definition) is 2. The first kappa shape index (κ1) is 15.2. The molecule has 1 aliphatic heterocycles. The lowest BCUT2D eigenvalue weighted by atomic mass is 10.1. The van der Waals surface area contributed by atoms with E-state index in [-0.39, 0.29) is 22.2 Å². The van der Waals surface area contributed by atoms with Gasteiger partial charge in [0.1, 0.15) is 6.04 Å². The Morgan fingerprint density at radius 2 is 2.19 bits per heavy atom. The zero-order chi connectivity index (χ0) is 15.4. The highest BCUT2D eigenvalue weighted by Crippen LogP contribution is 2.22. The third-order valence-electron chi connectivity index (χ3n) is 3.25. The fourth-order valence-corrected chi connectivity index (χ4v) is 2.38. The third kappa shape index (κ3) is 3.69. The average molecular weight is 312 g/mol. The second-order valence-corrected chi connectivity index (χ2v) is 5.14. The normalized spacial score (nSPS) is 18.5. The Morgan fingerprint density at radius 1 is 1.43 bits per heavy atom. The summed E-state index contributed by atoms with van der Waals surface area (Å²) in [6.07, 6.45) is 2.26. The van der Waals surface area contributed by atoms with Gasteiger partial charge in [0.15, 0.2) is 0 Å². The Balaban J connectivity index is 2.12. The minimum atomic E-state index is -0.605.